The number of thiazole rings is 1. The quantitative estimate of drug-likeness (QED) is 0.857. The number of carbonyl (C=O) groups excluding carboxylic acids is 1. The Morgan fingerprint density at radius 3 is 2.61 bits per heavy atom. The molecule has 0 spiro atoms. The van der Waals surface area contributed by atoms with Gasteiger partial charge in [-0.15, -0.1) is 11.3 Å². The van der Waals surface area contributed by atoms with Crippen LogP contribution in [-0.4, -0.2) is 51.9 Å². The third-order valence-corrected chi connectivity index (χ3v) is 5.58. The van der Waals surface area contributed by atoms with E-state index in [1.165, 1.54) is 5.01 Å². The van der Waals surface area contributed by atoms with Crippen LogP contribution in [0.25, 0.3) is 0 Å². The normalized spacial score (nSPS) is 24.1. The van der Waals surface area contributed by atoms with E-state index in [-0.39, 0.29) is 5.91 Å². The minimum atomic E-state index is 0.213. The van der Waals surface area contributed by atoms with Gasteiger partial charge in [0.15, 0.2) is 0 Å². The SMILES string of the molecule is O=C(Cc1ccccn1)N1C[C@H]2CN(Cc3nccs3)C[C@H]2C1. The lowest BCUT2D eigenvalue weighted by atomic mass is 10.0. The minimum absolute atomic E-state index is 0.213. The molecule has 23 heavy (non-hydrogen) atoms. The topological polar surface area (TPSA) is 49.3 Å². The summed E-state index contributed by atoms with van der Waals surface area (Å²) in [5, 5.41) is 3.22. The van der Waals surface area contributed by atoms with E-state index in [4.69, 9.17) is 0 Å². The van der Waals surface area contributed by atoms with Crippen LogP contribution in [0.2, 0.25) is 0 Å². The van der Waals surface area contributed by atoms with Crippen molar-refractivity contribution in [1.82, 2.24) is 19.8 Å². The van der Waals surface area contributed by atoms with Crippen LogP contribution in [0.1, 0.15) is 10.7 Å². The molecule has 1 amide bonds. The lowest BCUT2D eigenvalue weighted by Gasteiger charge is -2.21. The molecule has 6 heteroatoms. The molecule has 0 radical (unpaired) electrons. The van der Waals surface area contributed by atoms with E-state index < -0.39 is 0 Å². The van der Waals surface area contributed by atoms with Crippen molar-refractivity contribution in [2.24, 2.45) is 11.8 Å². The maximum Gasteiger partial charge on any atom is 0.228 e. The van der Waals surface area contributed by atoms with Crippen molar-refractivity contribution in [2.45, 2.75) is 13.0 Å². The molecule has 2 aromatic heterocycles. The summed E-state index contributed by atoms with van der Waals surface area (Å²) >= 11 is 1.72. The van der Waals surface area contributed by atoms with Crippen LogP contribution in [0.15, 0.2) is 36.0 Å². The largest absolute Gasteiger partial charge is 0.342 e. The fourth-order valence-electron chi connectivity index (χ4n) is 3.71. The smallest absolute Gasteiger partial charge is 0.228 e. The van der Waals surface area contributed by atoms with E-state index in [2.05, 4.69) is 14.9 Å². The molecular formula is C17H20N4OS. The van der Waals surface area contributed by atoms with Gasteiger partial charge in [0, 0.05) is 49.6 Å². The number of amides is 1. The number of nitrogens with zero attached hydrogens (tertiary/aromatic N) is 4. The highest BCUT2D eigenvalue weighted by atomic mass is 32.1. The summed E-state index contributed by atoms with van der Waals surface area (Å²) in [6.45, 7) is 4.90. The molecule has 2 fully saturated rings. The molecule has 0 bridgehead atoms. The second kappa shape index (κ2) is 6.37. The maximum absolute atomic E-state index is 12.4. The maximum atomic E-state index is 12.4. The fraction of sp³-hybridized carbons (Fsp3) is 0.471. The Balaban J connectivity index is 1.30. The summed E-state index contributed by atoms with van der Waals surface area (Å²) in [5.41, 5.74) is 0.861. The lowest BCUT2D eigenvalue weighted by molar-refractivity contribution is -0.129. The molecule has 0 N–H and O–H groups in total. The summed E-state index contributed by atoms with van der Waals surface area (Å²) in [6.07, 6.45) is 4.04. The van der Waals surface area contributed by atoms with Crippen LogP contribution in [0.5, 0.6) is 0 Å². The Morgan fingerprint density at radius 1 is 1.13 bits per heavy atom. The standard InChI is InChI=1S/C17H20N4OS/c22-17(7-15-3-1-2-4-18-15)21-10-13-8-20(9-14(13)11-21)12-16-19-5-6-23-16/h1-6,13-14H,7-12H2/t13-,14+. The van der Waals surface area contributed by atoms with Crippen LogP contribution in [0.3, 0.4) is 0 Å². The molecule has 2 aliphatic rings. The van der Waals surface area contributed by atoms with E-state index in [0.29, 0.717) is 18.3 Å². The van der Waals surface area contributed by atoms with Gasteiger partial charge in [-0.05, 0) is 24.0 Å². The van der Waals surface area contributed by atoms with Gasteiger partial charge in [-0.3, -0.25) is 14.7 Å². The summed E-state index contributed by atoms with van der Waals surface area (Å²) < 4.78 is 0. The molecule has 5 nitrogen and oxygen atoms in total. The van der Waals surface area contributed by atoms with Crippen LogP contribution in [0, 0.1) is 11.8 Å². The van der Waals surface area contributed by atoms with Crippen LogP contribution >= 0.6 is 11.3 Å². The van der Waals surface area contributed by atoms with E-state index in [1.54, 1.807) is 17.5 Å². The molecule has 0 aromatic carbocycles. The average Bonchev–Trinajstić information content (AvgIpc) is 3.24. The molecule has 120 valence electrons. The zero-order chi connectivity index (χ0) is 15.6. The highest BCUT2D eigenvalue weighted by Gasteiger charge is 2.41. The van der Waals surface area contributed by atoms with Gasteiger partial charge in [-0.25, -0.2) is 4.98 Å². The predicted octanol–water partition coefficient (Wildman–Crippen LogP) is 1.67. The number of carbonyl (C=O) groups is 1. The third-order valence-electron chi connectivity index (χ3n) is 4.82. The van der Waals surface area contributed by atoms with Crippen molar-refractivity contribution in [3.63, 3.8) is 0 Å². The highest BCUT2D eigenvalue weighted by Crippen LogP contribution is 2.32. The Morgan fingerprint density at radius 2 is 1.96 bits per heavy atom. The van der Waals surface area contributed by atoms with Gasteiger partial charge in [0.2, 0.25) is 5.91 Å². The van der Waals surface area contributed by atoms with Crippen LogP contribution in [0.4, 0.5) is 0 Å². The van der Waals surface area contributed by atoms with Crippen molar-refractivity contribution in [3.05, 3.63) is 46.7 Å². The number of likely N-dealkylation sites (tertiary alicyclic amines) is 2. The Labute approximate surface area is 140 Å². The first-order valence-corrected chi connectivity index (χ1v) is 8.94. The van der Waals surface area contributed by atoms with Crippen molar-refractivity contribution in [1.29, 1.82) is 0 Å². The molecule has 2 saturated heterocycles. The Bertz CT molecular complexity index is 646. The van der Waals surface area contributed by atoms with Gasteiger partial charge >= 0.3 is 0 Å². The number of fused-ring (bicyclic) bond motifs is 1. The van der Waals surface area contributed by atoms with Crippen molar-refractivity contribution >= 4 is 17.2 Å². The van der Waals surface area contributed by atoms with E-state index in [9.17, 15) is 4.79 Å². The first kappa shape index (κ1) is 14.8. The summed E-state index contributed by atoms with van der Waals surface area (Å²) in [4.78, 5) is 25.6. The number of hydrogen-bond acceptors (Lipinski definition) is 5. The molecule has 2 aromatic rings. The molecule has 4 heterocycles. The number of pyridine rings is 1. The summed E-state index contributed by atoms with van der Waals surface area (Å²) in [7, 11) is 0. The Kier molecular flexibility index (Phi) is 4.10. The second-order valence-corrected chi connectivity index (χ2v) is 7.42. The Hall–Kier alpha value is -1.79. The number of hydrogen-bond donors (Lipinski definition) is 0. The molecule has 0 aliphatic carbocycles. The van der Waals surface area contributed by atoms with Crippen molar-refractivity contribution < 1.29 is 4.79 Å². The van der Waals surface area contributed by atoms with Crippen LogP contribution < -0.4 is 0 Å². The molecule has 0 saturated carbocycles. The molecule has 2 atom stereocenters. The average molecular weight is 328 g/mol. The summed E-state index contributed by atoms with van der Waals surface area (Å²) in [6, 6.07) is 5.74. The van der Waals surface area contributed by atoms with Gasteiger partial charge in [-0.1, -0.05) is 6.07 Å². The summed E-state index contributed by atoms with van der Waals surface area (Å²) in [5.74, 6) is 1.44. The zero-order valence-corrected chi connectivity index (χ0v) is 13.8. The van der Waals surface area contributed by atoms with Gasteiger partial charge in [0.25, 0.3) is 0 Å². The monoisotopic (exact) mass is 328 g/mol. The van der Waals surface area contributed by atoms with Crippen molar-refractivity contribution in [3.8, 4) is 0 Å². The van der Waals surface area contributed by atoms with Gasteiger partial charge in [0.05, 0.1) is 13.0 Å². The zero-order valence-electron chi connectivity index (χ0n) is 13.0. The molecular weight excluding hydrogens is 308 g/mol. The second-order valence-electron chi connectivity index (χ2n) is 6.44. The van der Waals surface area contributed by atoms with Gasteiger partial charge in [-0.2, -0.15) is 0 Å². The third kappa shape index (κ3) is 3.28. The van der Waals surface area contributed by atoms with Crippen LogP contribution in [-0.2, 0) is 17.8 Å². The fourth-order valence-corrected chi connectivity index (χ4v) is 4.37. The van der Waals surface area contributed by atoms with Crippen molar-refractivity contribution in [2.75, 3.05) is 26.2 Å². The minimum Gasteiger partial charge on any atom is -0.342 e. The number of aromatic nitrogens is 2. The predicted molar refractivity (Wildman–Crippen MR) is 88.9 cm³/mol. The molecule has 0 unspecified atom stereocenters. The molecule has 2 aliphatic heterocycles. The lowest BCUT2D eigenvalue weighted by Crippen LogP contribution is -2.34. The first-order chi connectivity index (χ1) is 11.3. The number of rotatable bonds is 4. The highest BCUT2D eigenvalue weighted by molar-refractivity contribution is 7.09. The van der Waals surface area contributed by atoms with Gasteiger partial charge < -0.3 is 4.90 Å². The van der Waals surface area contributed by atoms with E-state index in [0.717, 1.165) is 38.4 Å². The first-order valence-electron chi connectivity index (χ1n) is 8.06. The molecule has 4 rings (SSSR count). The van der Waals surface area contributed by atoms with E-state index >= 15 is 0 Å². The van der Waals surface area contributed by atoms with E-state index in [1.807, 2.05) is 34.7 Å². The van der Waals surface area contributed by atoms with Gasteiger partial charge in [0.1, 0.15) is 5.01 Å².